The number of benzene rings is 2. The number of aromatic nitrogens is 4. The Morgan fingerprint density at radius 3 is 2.29 bits per heavy atom. The van der Waals surface area contributed by atoms with Gasteiger partial charge in [0.1, 0.15) is 29.8 Å². The first kappa shape index (κ1) is 30.4. The minimum absolute atomic E-state index is 0.0360. The Labute approximate surface area is 265 Å². The molecule has 0 bridgehead atoms. The van der Waals surface area contributed by atoms with Crippen molar-refractivity contribution in [2.24, 2.45) is 0 Å². The predicted molar refractivity (Wildman–Crippen MR) is 167 cm³/mol. The highest BCUT2D eigenvalue weighted by Crippen LogP contribution is 2.49. The molecule has 238 valence electrons. The Balaban J connectivity index is 1.10. The molecule has 2 saturated heterocycles. The van der Waals surface area contributed by atoms with Gasteiger partial charge in [-0.25, -0.2) is 9.55 Å². The number of fused-ring (bicyclic) bond motifs is 2. The molecule has 3 fully saturated rings. The van der Waals surface area contributed by atoms with Crippen LogP contribution in [0, 0.1) is 0 Å². The summed E-state index contributed by atoms with van der Waals surface area (Å²) in [6.07, 6.45) is 3.62. The Morgan fingerprint density at radius 2 is 1.62 bits per heavy atom. The van der Waals surface area contributed by atoms with Gasteiger partial charge in [-0.3, -0.25) is 4.57 Å². The van der Waals surface area contributed by atoms with Gasteiger partial charge in [0.05, 0.1) is 12.9 Å². The molecule has 4 aromatic rings. The van der Waals surface area contributed by atoms with Crippen LogP contribution in [0.4, 0.5) is 5.82 Å². The topological polar surface area (TPSA) is 128 Å². The van der Waals surface area contributed by atoms with E-state index in [1.165, 1.54) is 12.8 Å². The lowest BCUT2D eigenvalue weighted by atomic mass is 10.1. The normalized spacial score (nSPS) is 24.6. The van der Waals surface area contributed by atoms with Gasteiger partial charge in [-0.15, -0.1) is 0 Å². The van der Waals surface area contributed by atoms with Crippen LogP contribution in [0.3, 0.4) is 0 Å². The summed E-state index contributed by atoms with van der Waals surface area (Å²) in [5.74, 6) is 0.542. The van der Waals surface area contributed by atoms with Crippen LogP contribution in [-0.2, 0) is 23.5 Å². The van der Waals surface area contributed by atoms with Gasteiger partial charge in [0.25, 0.3) is 0 Å². The Bertz CT molecular complexity index is 1630. The van der Waals surface area contributed by atoms with Crippen molar-refractivity contribution in [3.05, 3.63) is 72.3 Å². The summed E-state index contributed by atoms with van der Waals surface area (Å²) >= 11 is 6.39. The minimum atomic E-state index is -3.80. The van der Waals surface area contributed by atoms with Gasteiger partial charge in [0.15, 0.2) is 35.3 Å². The van der Waals surface area contributed by atoms with Crippen molar-refractivity contribution in [2.75, 3.05) is 18.3 Å². The molecule has 14 heteroatoms. The molecule has 0 radical (unpaired) electrons. The van der Waals surface area contributed by atoms with E-state index in [4.69, 9.17) is 39.6 Å². The molecule has 2 aliphatic heterocycles. The minimum Gasteiger partial charge on any atom is -0.415 e. The van der Waals surface area contributed by atoms with Crippen molar-refractivity contribution in [2.45, 2.75) is 75.9 Å². The molecular weight excluding hydrogens is 621 g/mol. The van der Waals surface area contributed by atoms with E-state index in [0.29, 0.717) is 34.5 Å². The number of para-hydroxylation sites is 2. The number of hydrogen-bond donors (Lipinski definition) is 1. The van der Waals surface area contributed by atoms with E-state index in [1.807, 2.05) is 26.0 Å². The number of rotatable bonds is 11. The van der Waals surface area contributed by atoms with Crippen LogP contribution in [0.15, 0.2) is 67.0 Å². The summed E-state index contributed by atoms with van der Waals surface area (Å²) in [6, 6.07) is 18.0. The van der Waals surface area contributed by atoms with Gasteiger partial charge in [-0.1, -0.05) is 49.2 Å². The van der Waals surface area contributed by atoms with Gasteiger partial charge in [-0.2, -0.15) is 9.97 Å². The smallest absolute Gasteiger partial charge is 0.415 e. The molecule has 3 aliphatic rings. The third-order valence-electron chi connectivity index (χ3n) is 8.00. The maximum absolute atomic E-state index is 13.9. The summed E-state index contributed by atoms with van der Waals surface area (Å²) in [7, 11) is -3.80. The maximum Gasteiger partial charge on any atom is 0.456 e. The highest BCUT2D eigenvalue weighted by molar-refractivity contribution is 7.54. The van der Waals surface area contributed by atoms with Crippen LogP contribution in [0.1, 0.15) is 45.8 Å². The summed E-state index contributed by atoms with van der Waals surface area (Å²) < 4.78 is 52.5. The van der Waals surface area contributed by atoms with E-state index in [1.54, 1.807) is 59.4 Å². The summed E-state index contributed by atoms with van der Waals surface area (Å²) in [5, 5.41) is 3.60. The molecule has 1 saturated carbocycles. The van der Waals surface area contributed by atoms with E-state index < -0.39 is 37.9 Å². The first-order valence-electron chi connectivity index (χ1n) is 15.1. The number of imidazole rings is 1. The second-order valence-corrected chi connectivity index (χ2v) is 14.0. The highest BCUT2D eigenvalue weighted by atomic mass is 35.5. The lowest BCUT2D eigenvalue weighted by molar-refractivity contribution is -0.201. The lowest BCUT2D eigenvalue weighted by Crippen LogP contribution is -2.33. The fourth-order valence-electron chi connectivity index (χ4n) is 6.09. The summed E-state index contributed by atoms with van der Waals surface area (Å²) in [5.41, 5.74) is 1.12. The third kappa shape index (κ3) is 6.67. The molecule has 1 aliphatic carbocycles. The van der Waals surface area contributed by atoms with Crippen molar-refractivity contribution in [1.82, 2.24) is 19.5 Å². The lowest BCUT2D eigenvalue weighted by Gasteiger charge is -2.25. The zero-order valence-corrected chi connectivity index (χ0v) is 26.6. The van der Waals surface area contributed by atoms with Crippen molar-refractivity contribution < 1.29 is 32.6 Å². The highest BCUT2D eigenvalue weighted by Gasteiger charge is 2.56. The monoisotopic (exact) mass is 655 g/mol. The molecule has 12 nitrogen and oxygen atoms in total. The van der Waals surface area contributed by atoms with Gasteiger partial charge in [-0.05, 0) is 62.6 Å². The average Bonchev–Trinajstić information content (AvgIpc) is 3.79. The number of hydrogen-bond acceptors (Lipinski definition) is 11. The first-order valence-corrected chi connectivity index (χ1v) is 17.2. The maximum atomic E-state index is 13.9. The zero-order valence-electron chi connectivity index (χ0n) is 25.0. The van der Waals surface area contributed by atoms with E-state index in [9.17, 15) is 4.57 Å². The van der Waals surface area contributed by atoms with Crippen LogP contribution < -0.4 is 14.4 Å². The van der Waals surface area contributed by atoms with Crippen LogP contribution in [-0.4, -0.2) is 62.6 Å². The fourth-order valence-corrected chi connectivity index (χ4v) is 7.62. The second kappa shape index (κ2) is 12.5. The van der Waals surface area contributed by atoms with Crippen molar-refractivity contribution >= 4 is 36.2 Å². The van der Waals surface area contributed by atoms with Gasteiger partial charge in [0, 0.05) is 6.04 Å². The quantitative estimate of drug-likeness (QED) is 0.139. The van der Waals surface area contributed by atoms with Gasteiger partial charge >= 0.3 is 7.60 Å². The largest absolute Gasteiger partial charge is 0.456 e. The number of halogens is 1. The molecule has 2 aromatic heterocycles. The molecule has 4 atom stereocenters. The Morgan fingerprint density at radius 1 is 0.978 bits per heavy atom. The van der Waals surface area contributed by atoms with Crippen molar-refractivity contribution in [3.8, 4) is 11.5 Å². The van der Waals surface area contributed by atoms with Crippen LogP contribution in [0.25, 0.3) is 11.2 Å². The predicted octanol–water partition coefficient (Wildman–Crippen LogP) is 6.58. The van der Waals surface area contributed by atoms with E-state index in [0.717, 1.165) is 12.8 Å². The molecule has 4 heterocycles. The zero-order chi connectivity index (χ0) is 31.0. The Kier molecular flexibility index (Phi) is 8.45. The molecule has 1 N–H and O–H groups in total. The third-order valence-corrected chi connectivity index (χ3v) is 9.64. The van der Waals surface area contributed by atoms with Crippen LogP contribution in [0.5, 0.6) is 11.5 Å². The van der Waals surface area contributed by atoms with Crippen LogP contribution >= 0.6 is 19.2 Å². The number of nitrogens with one attached hydrogen (secondary N) is 1. The Hall–Kier alpha value is -3.25. The molecular formula is C31H35ClN5O7P. The van der Waals surface area contributed by atoms with Gasteiger partial charge < -0.3 is 33.3 Å². The molecule has 2 aromatic carbocycles. The standard InChI is InChI=1S/C31H35ClN5O7P/c1-31(2)41-25-23(17-39-19-45(38,43-21-13-5-3-6-14-21)44-22-15-7-4-8-16-22)40-29(26(25)42-31)37-18-33-24-27(34-20-11-9-10-12-20)35-30(32)36-28(24)37/h3-8,13-16,18,20,23,25-26,29H,9-12,17,19H2,1-2H3,(H,34,35,36)/t23-,25-,26-,29-/m1/s1. The molecule has 45 heavy (non-hydrogen) atoms. The molecule has 0 amide bonds. The fraction of sp³-hybridized carbons (Fsp3) is 0.452. The number of anilines is 1. The SMILES string of the molecule is CC1(C)O[C@@H]2[C@H](O1)[C@@H](COCP(=O)(Oc1ccccc1)Oc1ccccc1)O[C@H]2n1cnc2c(NC3CCCC3)nc(Cl)nc21. The molecule has 0 spiro atoms. The summed E-state index contributed by atoms with van der Waals surface area (Å²) in [4.78, 5) is 13.6. The van der Waals surface area contributed by atoms with Gasteiger partial charge in [0.2, 0.25) is 5.28 Å². The van der Waals surface area contributed by atoms with Crippen molar-refractivity contribution in [3.63, 3.8) is 0 Å². The van der Waals surface area contributed by atoms with E-state index >= 15 is 0 Å². The second-order valence-electron chi connectivity index (χ2n) is 11.8. The number of nitrogens with zero attached hydrogens (tertiary/aromatic N) is 4. The van der Waals surface area contributed by atoms with Crippen LogP contribution in [0.2, 0.25) is 5.28 Å². The molecule has 0 unspecified atom stereocenters. The average molecular weight is 656 g/mol. The first-order chi connectivity index (χ1) is 21.8. The molecule has 7 rings (SSSR count). The number of ether oxygens (including phenoxy) is 4. The van der Waals surface area contributed by atoms with E-state index in [-0.39, 0.29) is 18.2 Å². The van der Waals surface area contributed by atoms with E-state index in [2.05, 4.69) is 20.3 Å². The van der Waals surface area contributed by atoms with Crippen molar-refractivity contribution in [1.29, 1.82) is 0 Å². The summed E-state index contributed by atoms with van der Waals surface area (Å²) in [6.45, 7) is 3.74.